The van der Waals surface area contributed by atoms with Gasteiger partial charge in [0.1, 0.15) is 5.75 Å². The molecule has 2 aromatic rings. The number of ether oxygens (including phenoxy) is 1. The maximum atomic E-state index is 12.1. The van der Waals surface area contributed by atoms with E-state index in [2.05, 4.69) is 32.6 Å². The Hall–Kier alpha value is -3.06. The number of benzene rings is 2. The standard InChI is InChI=1S/C23H30N4O3/c1-17-4-5-19(16-18(17)2)25-23(29)22(28)24-10-11-26-12-14-27(15-13-26)20-6-8-21(30-3)9-7-20/h4-9,16H,10-15H2,1-3H3,(H,24,28)(H,25,29). The van der Waals surface area contributed by atoms with E-state index in [1.807, 2.05) is 38.1 Å². The van der Waals surface area contributed by atoms with Gasteiger partial charge in [-0.05, 0) is 61.4 Å². The van der Waals surface area contributed by atoms with E-state index >= 15 is 0 Å². The van der Waals surface area contributed by atoms with Crippen molar-refractivity contribution in [3.63, 3.8) is 0 Å². The van der Waals surface area contributed by atoms with Crippen molar-refractivity contribution in [1.29, 1.82) is 0 Å². The fourth-order valence-corrected chi connectivity index (χ4v) is 3.44. The maximum absolute atomic E-state index is 12.1. The SMILES string of the molecule is COc1ccc(N2CCN(CCNC(=O)C(=O)Nc3ccc(C)c(C)c3)CC2)cc1. The molecule has 0 aliphatic carbocycles. The van der Waals surface area contributed by atoms with Gasteiger partial charge in [-0.3, -0.25) is 14.5 Å². The molecule has 2 amide bonds. The summed E-state index contributed by atoms with van der Waals surface area (Å²) in [6, 6.07) is 13.7. The second kappa shape index (κ2) is 10.1. The highest BCUT2D eigenvalue weighted by Crippen LogP contribution is 2.20. The summed E-state index contributed by atoms with van der Waals surface area (Å²) in [5.74, 6) is -0.387. The van der Waals surface area contributed by atoms with E-state index in [0.29, 0.717) is 12.2 Å². The van der Waals surface area contributed by atoms with Crippen molar-refractivity contribution in [3.05, 3.63) is 53.6 Å². The molecule has 0 spiro atoms. The zero-order valence-corrected chi connectivity index (χ0v) is 17.9. The topological polar surface area (TPSA) is 73.9 Å². The lowest BCUT2D eigenvalue weighted by Crippen LogP contribution is -2.49. The number of hydrogen-bond donors (Lipinski definition) is 2. The first-order valence-corrected chi connectivity index (χ1v) is 10.2. The molecule has 2 N–H and O–H groups in total. The molecule has 7 heteroatoms. The van der Waals surface area contributed by atoms with E-state index in [0.717, 1.165) is 49.6 Å². The van der Waals surface area contributed by atoms with E-state index in [-0.39, 0.29) is 0 Å². The van der Waals surface area contributed by atoms with E-state index in [9.17, 15) is 9.59 Å². The van der Waals surface area contributed by atoms with Crippen molar-refractivity contribution >= 4 is 23.2 Å². The Labute approximate surface area is 178 Å². The third-order valence-corrected chi connectivity index (χ3v) is 5.49. The van der Waals surface area contributed by atoms with E-state index in [1.54, 1.807) is 13.2 Å². The third-order valence-electron chi connectivity index (χ3n) is 5.49. The van der Waals surface area contributed by atoms with Crippen LogP contribution in [-0.4, -0.2) is 63.1 Å². The Morgan fingerprint density at radius 3 is 2.27 bits per heavy atom. The second-order valence-corrected chi connectivity index (χ2v) is 7.54. The second-order valence-electron chi connectivity index (χ2n) is 7.54. The van der Waals surface area contributed by atoms with E-state index in [4.69, 9.17) is 4.74 Å². The molecule has 0 saturated carbocycles. The van der Waals surface area contributed by atoms with Gasteiger partial charge in [0.15, 0.2) is 0 Å². The summed E-state index contributed by atoms with van der Waals surface area (Å²) in [5.41, 5.74) is 4.03. The van der Waals surface area contributed by atoms with Gasteiger partial charge >= 0.3 is 11.8 Å². The van der Waals surface area contributed by atoms with E-state index < -0.39 is 11.8 Å². The molecule has 30 heavy (non-hydrogen) atoms. The normalized spacial score (nSPS) is 14.3. The van der Waals surface area contributed by atoms with Crippen molar-refractivity contribution in [3.8, 4) is 5.75 Å². The van der Waals surface area contributed by atoms with Crippen LogP contribution in [0.4, 0.5) is 11.4 Å². The average molecular weight is 411 g/mol. The number of piperazine rings is 1. The van der Waals surface area contributed by atoms with E-state index in [1.165, 1.54) is 5.69 Å². The van der Waals surface area contributed by atoms with Gasteiger partial charge in [-0.15, -0.1) is 0 Å². The zero-order chi connectivity index (χ0) is 21.5. The number of aryl methyl sites for hydroxylation is 2. The Morgan fingerprint density at radius 2 is 1.63 bits per heavy atom. The summed E-state index contributed by atoms with van der Waals surface area (Å²) in [7, 11) is 1.67. The molecule has 0 aromatic heterocycles. The fraction of sp³-hybridized carbons (Fsp3) is 0.391. The number of methoxy groups -OCH3 is 1. The van der Waals surface area contributed by atoms with Crippen LogP contribution in [0.3, 0.4) is 0 Å². The molecule has 2 aromatic carbocycles. The van der Waals surface area contributed by atoms with Crippen LogP contribution in [0.15, 0.2) is 42.5 Å². The monoisotopic (exact) mass is 410 g/mol. The molecule has 0 radical (unpaired) electrons. The predicted octanol–water partition coefficient (Wildman–Crippen LogP) is 2.19. The first kappa shape index (κ1) is 21.6. The summed E-state index contributed by atoms with van der Waals surface area (Å²) in [6.07, 6.45) is 0. The Morgan fingerprint density at radius 1 is 0.933 bits per heavy atom. The van der Waals surface area contributed by atoms with Crippen molar-refractivity contribution in [2.75, 3.05) is 56.6 Å². The fourth-order valence-electron chi connectivity index (χ4n) is 3.44. The number of anilines is 2. The number of carbonyl (C=O) groups excluding carboxylic acids is 2. The third kappa shape index (κ3) is 5.73. The lowest BCUT2D eigenvalue weighted by atomic mass is 10.1. The van der Waals surface area contributed by atoms with Gasteiger partial charge in [0, 0.05) is 50.6 Å². The lowest BCUT2D eigenvalue weighted by molar-refractivity contribution is -0.136. The molecule has 160 valence electrons. The van der Waals surface area contributed by atoms with Crippen LogP contribution in [0.25, 0.3) is 0 Å². The summed E-state index contributed by atoms with van der Waals surface area (Å²) >= 11 is 0. The molecule has 0 atom stereocenters. The average Bonchev–Trinajstić information content (AvgIpc) is 2.77. The number of rotatable bonds is 6. The van der Waals surface area contributed by atoms with Gasteiger partial charge in [-0.2, -0.15) is 0 Å². The highest BCUT2D eigenvalue weighted by molar-refractivity contribution is 6.39. The molecule has 3 rings (SSSR count). The smallest absolute Gasteiger partial charge is 0.313 e. The zero-order valence-electron chi connectivity index (χ0n) is 17.9. The van der Waals surface area contributed by atoms with Gasteiger partial charge in [-0.25, -0.2) is 0 Å². The molecule has 1 saturated heterocycles. The van der Waals surface area contributed by atoms with Crippen molar-refractivity contribution in [2.45, 2.75) is 13.8 Å². The Bertz CT molecular complexity index is 875. The van der Waals surface area contributed by atoms with Crippen LogP contribution in [0, 0.1) is 13.8 Å². The van der Waals surface area contributed by atoms with Crippen LogP contribution >= 0.6 is 0 Å². The molecule has 0 unspecified atom stereocenters. The lowest BCUT2D eigenvalue weighted by Gasteiger charge is -2.36. The molecule has 7 nitrogen and oxygen atoms in total. The van der Waals surface area contributed by atoms with Gasteiger partial charge in [0.25, 0.3) is 0 Å². The van der Waals surface area contributed by atoms with Crippen LogP contribution in [-0.2, 0) is 9.59 Å². The van der Waals surface area contributed by atoms with Gasteiger partial charge in [0.2, 0.25) is 0 Å². The molecular formula is C23H30N4O3. The van der Waals surface area contributed by atoms with Gasteiger partial charge in [-0.1, -0.05) is 6.07 Å². The molecule has 1 heterocycles. The molecule has 0 bridgehead atoms. The summed E-state index contributed by atoms with van der Waals surface area (Å²) < 4.78 is 5.21. The minimum Gasteiger partial charge on any atom is -0.497 e. The highest BCUT2D eigenvalue weighted by Gasteiger charge is 2.18. The quantitative estimate of drug-likeness (QED) is 0.714. The van der Waals surface area contributed by atoms with Crippen LogP contribution in [0.1, 0.15) is 11.1 Å². The number of hydrogen-bond acceptors (Lipinski definition) is 5. The van der Waals surface area contributed by atoms with Gasteiger partial charge < -0.3 is 20.3 Å². The first-order chi connectivity index (χ1) is 14.5. The maximum Gasteiger partial charge on any atom is 0.313 e. The summed E-state index contributed by atoms with van der Waals surface area (Å²) in [6.45, 7) is 8.82. The molecular weight excluding hydrogens is 380 g/mol. The predicted molar refractivity (Wildman–Crippen MR) is 119 cm³/mol. The van der Waals surface area contributed by atoms with Crippen molar-refractivity contribution in [1.82, 2.24) is 10.2 Å². The minimum atomic E-state index is -0.637. The Balaban J connectivity index is 1.37. The van der Waals surface area contributed by atoms with Crippen molar-refractivity contribution in [2.24, 2.45) is 0 Å². The first-order valence-electron chi connectivity index (χ1n) is 10.2. The molecule has 1 aliphatic rings. The molecule has 1 aliphatic heterocycles. The number of nitrogens with zero attached hydrogens (tertiary/aromatic N) is 2. The number of amides is 2. The summed E-state index contributed by atoms with van der Waals surface area (Å²) in [5, 5.41) is 5.36. The molecule has 1 fully saturated rings. The minimum absolute atomic E-state index is 0.446. The largest absolute Gasteiger partial charge is 0.497 e. The van der Waals surface area contributed by atoms with Crippen LogP contribution in [0.5, 0.6) is 5.75 Å². The number of nitrogens with one attached hydrogen (secondary N) is 2. The van der Waals surface area contributed by atoms with Crippen LogP contribution < -0.4 is 20.3 Å². The van der Waals surface area contributed by atoms with Crippen molar-refractivity contribution < 1.29 is 14.3 Å². The Kier molecular flexibility index (Phi) is 7.30. The number of carbonyl (C=O) groups is 2. The summed E-state index contributed by atoms with van der Waals surface area (Å²) in [4.78, 5) is 28.8. The van der Waals surface area contributed by atoms with Crippen LogP contribution in [0.2, 0.25) is 0 Å². The van der Waals surface area contributed by atoms with Gasteiger partial charge in [0.05, 0.1) is 7.11 Å². The highest BCUT2D eigenvalue weighted by atomic mass is 16.5.